The molecule has 0 saturated carbocycles. The summed E-state index contributed by atoms with van der Waals surface area (Å²) in [5.74, 6) is 0.817. The van der Waals surface area contributed by atoms with Gasteiger partial charge in [0.2, 0.25) is 5.82 Å². The molecule has 19 heavy (non-hydrogen) atoms. The number of nitrogens with zero attached hydrogens (tertiary/aromatic N) is 3. The zero-order valence-corrected chi connectivity index (χ0v) is 11.5. The molecule has 0 aliphatic carbocycles. The van der Waals surface area contributed by atoms with E-state index in [9.17, 15) is 4.79 Å². The first-order valence-electron chi connectivity index (χ1n) is 6.69. The second-order valence-corrected chi connectivity index (χ2v) is 4.74. The maximum Gasteiger partial charge on any atom is 0.293 e. The highest BCUT2D eigenvalue weighted by molar-refractivity contribution is 5.90. The standard InChI is InChI=1S/C12H21N5O2/c1-3-4-10-14-11(16-15-10)12(18)17(2)8-9-7-13-5-6-19-9/h9,13H,3-8H2,1-2H3,(H,14,15,16). The number of hydrogen-bond acceptors (Lipinski definition) is 5. The fourth-order valence-electron chi connectivity index (χ4n) is 2.04. The number of carbonyl (C=O) groups excluding carboxylic acids is 1. The van der Waals surface area contributed by atoms with Crippen molar-refractivity contribution in [3.63, 3.8) is 0 Å². The molecular weight excluding hydrogens is 246 g/mol. The van der Waals surface area contributed by atoms with E-state index >= 15 is 0 Å². The van der Waals surface area contributed by atoms with Crippen molar-refractivity contribution in [1.29, 1.82) is 0 Å². The smallest absolute Gasteiger partial charge is 0.293 e. The van der Waals surface area contributed by atoms with Crippen LogP contribution in [0.4, 0.5) is 0 Å². The maximum atomic E-state index is 12.1. The third-order valence-corrected chi connectivity index (χ3v) is 3.04. The van der Waals surface area contributed by atoms with Gasteiger partial charge in [0, 0.05) is 33.1 Å². The molecule has 1 aliphatic heterocycles. The van der Waals surface area contributed by atoms with E-state index in [0.717, 1.165) is 31.8 Å². The van der Waals surface area contributed by atoms with Gasteiger partial charge in [-0.15, -0.1) is 5.10 Å². The summed E-state index contributed by atoms with van der Waals surface area (Å²) in [6, 6.07) is 0. The minimum absolute atomic E-state index is 0.0387. The Balaban J connectivity index is 1.89. The summed E-state index contributed by atoms with van der Waals surface area (Å²) < 4.78 is 5.57. The van der Waals surface area contributed by atoms with E-state index in [1.54, 1.807) is 11.9 Å². The normalized spacial score (nSPS) is 19.4. The molecule has 0 aromatic carbocycles. The van der Waals surface area contributed by atoms with E-state index in [-0.39, 0.29) is 17.8 Å². The first kappa shape index (κ1) is 14.0. The van der Waals surface area contributed by atoms with Crippen molar-refractivity contribution in [3.05, 3.63) is 11.6 Å². The van der Waals surface area contributed by atoms with E-state index in [4.69, 9.17) is 4.74 Å². The van der Waals surface area contributed by atoms with Crippen molar-refractivity contribution in [2.24, 2.45) is 0 Å². The Bertz CT molecular complexity index is 414. The van der Waals surface area contributed by atoms with Crippen LogP contribution in [0, 0.1) is 0 Å². The van der Waals surface area contributed by atoms with Crippen molar-refractivity contribution < 1.29 is 9.53 Å². The summed E-state index contributed by atoms with van der Waals surface area (Å²) in [6.45, 7) is 4.93. The van der Waals surface area contributed by atoms with Crippen molar-refractivity contribution in [3.8, 4) is 0 Å². The number of nitrogens with one attached hydrogen (secondary N) is 2. The van der Waals surface area contributed by atoms with Crippen LogP contribution in [-0.2, 0) is 11.2 Å². The van der Waals surface area contributed by atoms with Crippen LogP contribution in [0.3, 0.4) is 0 Å². The molecule has 106 valence electrons. The first-order valence-corrected chi connectivity index (χ1v) is 6.69. The fourth-order valence-corrected chi connectivity index (χ4v) is 2.04. The lowest BCUT2D eigenvalue weighted by atomic mass is 10.3. The zero-order chi connectivity index (χ0) is 13.7. The van der Waals surface area contributed by atoms with Crippen molar-refractivity contribution in [1.82, 2.24) is 25.4 Å². The van der Waals surface area contributed by atoms with E-state index < -0.39 is 0 Å². The second kappa shape index (κ2) is 6.63. The van der Waals surface area contributed by atoms with E-state index in [0.29, 0.717) is 13.2 Å². The number of rotatable bonds is 5. The van der Waals surface area contributed by atoms with Gasteiger partial charge >= 0.3 is 0 Å². The number of morpholine rings is 1. The van der Waals surface area contributed by atoms with Gasteiger partial charge in [0.05, 0.1) is 12.7 Å². The number of H-pyrrole nitrogens is 1. The number of hydrogen-bond donors (Lipinski definition) is 2. The van der Waals surface area contributed by atoms with E-state index in [1.807, 2.05) is 0 Å². The average molecular weight is 267 g/mol. The van der Waals surface area contributed by atoms with Crippen molar-refractivity contribution in [2.45, 2.75) is 25.9 Å². The van der Waals surface area contributed by atoms with Crippen LogP contribution in [0.1, 0.15) is 29.8 Å². The Labute approximate surface area is 112 Å². The van der Waals surface area contributed by atoms with Crippen molar-refractivity contribution in [2.75, 3.05) is 33.3 Å². The van der Waals surface area contributed by atoms with Crippen LogP contribution in [0.15, 0.2) is 0 Å². The number of carbonyl (C=O) groups is 1. The van der Waals surface area contributed by atoms with Gasteiger partial charge in [-0.2, -0.15) is 0 Å². The SMILES string of the molecule is CCCc1nc(C(=O)N(C)CC2CNCCO2)n[nH]1. The molecule has 0 bridgehead atoms. The third-order valence-electron chi connectivity index (χ3n) is 3.04. The lowest BCUT2D eigenvalue weighted by Gasteiger charge is -2.27. The van der Waals surface area contributed by atoms with Crippen LogP contribution in [0.5, 0.6) is 0 Å². The van der Waals surface area contributed by atoms with Gasteiger partial charge in [0.1, 0.15) is 5.82 Å². The molecule has 2 N–H and O–H groups in total. The van der Waals surface area contributed by atoms with Gasteiger partial charge in [0.15, 0.2) is 0 Å². The summed E-state index contributed by atoms with van der Waals surface area (Å²) in [7, 11) is 1.75. The van der Waals surface area contributed by atoms with Crippen LogP contribution < -0.4 is 5.32 Å². The Morgan fingerprint density at radius 2 is 2.42 bits per heavy atom. The summed E-state index contributed by atoms with van der Waals surface area (Å²) >= 11 is 0. The number of likely N-dealkylation sites (N-methyl/N-ethyl adjacent to an activating group) is 1. The van der Waals surface area contributed by atoms with Crippen LogP contribution in [0.2, 0.25) is 0 Å². The van der Waals surface area contributed by atoms with Gasteiger partial charge in [-0.3, -0.25) is 9.89 Å². The highest BCUT2D eigenvalue weighted by Crippen LogP contribution is 2.03. The summed E-state index contributed by atoms with van der Waals surface area (Å²) in [4.78, 5) is 17.9. The Hall–Kier alpha value is -1.47. The Kier molecular flexibility index (Phi) is 4.86. The molecule has 1 aromatic heterocycles. The quantitative estimate of drug-likeness (QED) is 0.773. The Morgan fingerprint density at radius 3 is 3.11 bits per heavy atom. The molecule has 1 fully saturated rings. The highest BCUT2D eigenvalue weighted by atomic mass is 16.5. The van der Waals surface area contributed by atoms with Gasteiger partial charge in [-0.1, -0.05) is 6.92 Å². The lowest BCUT2D eigenvalue weighted by Crippen LogP contribution is -2.45. The number of amides is 1. The van der Waals surface area contributed by atoms with Gasteiger partial charge in [0.25, 0.3) is 5.91 Å². The van der Waals surface area contributed by atoms with Gasteiger partial charge < -0.3 is 15.0 Å². The summed E-state index contributed by atoms with van der Waals surface area (Å²) in [6.07, 6.45) is 1.82. The molecule has 7 heteroatoms. The predicted molar refractivity (Wildman–Crippen MR) is 69.9 cm³/mol. The number of aromatic amines is 1. The van der Waals surface area contributed by atoms with Crippen LogP contribution in [0.25, 0.3) is 0 Å². The highest BCUT2D eigenvalue weighted by Gasteiger charge is 2.22. The summed E-state index contributed by atoms with van der Waals surface area (Å²) in [5, 5.41) is 10.00. The predicted octanol–water partition coefficient (Wildman–Crippen LogP) is -0.182. The molecule has 0 radical (unpaired) electrons. The second-order valence-electron chi connectivity index (χ2n) is 4.74. The van der Waals surface area contributed by atoms with Gasteiger partial charge in [-0.05, 0) is 6.42 Å². The Morgan fingerprint density at radius 1 is 1.58 bits per heavy atom. The van der Waals surface area contributed by atoms with Crippen LogP contribution in [-0.4, -0.2) is 65.4 Å². The number of aromatic nitrogens is 3. The van der Waals surface area contributed by atoms with E-state index in [1.165, 1.54) is 0 Å². The minimum atomic E-state index is -0.173. The number of ether oxygens (including phenoxy) is 1. The molecule has 1 aromatic rings. The lowest BCUT2D eigenvalue weighted by molar-refractivity contribution is 0.0101. The molecule has 7 nitrogen and oxygen atoms in total. The zero-order valence-electron chi connectivity index (χ0n) is 11.5. The molecule has 1 atom stereocenters. The molecule has 1 aliphatic rings. The molecule has 1 saturated heterocycles. The fraction of sp³-hybridized carbons (Fsp3) is 0.750. The molecule has 2 heterocycles. The van der Waals surface area contributed by atoms with Crippen LogP contribution >= 0.6 is 0 Å². The number of aryl methyl sites for hydroxylation is 1. The molecule has 1 unspecified atom stereocenters. The first-order chi connectivity index (χ1) is 9.20. The van der Waals surface area contributed by atoms with Gasteiger partial charge in [-0.25, -0.2) is 4.98 Å². The minimum Gasteiger partial charge on any atom is -0.374 e. The third kappa shape index (κ3) is 3.74. The largest absolute Gasteiger partial charge is 0.374 e. The molecular formula is C12H21N5O2. The average Bonchev–Trinajstić information content (AvgIpc) is 2.88. The van der Waals surface area contributed by atoms with E-state index in [2.05, 4.69) is 27.4 Å². The topological polar surface area (TPSA) is 83.1 Å². The molecule has 1 amide bonds. The maximum absolute atomic E-state index is 12.1. The molecule has 2 rings (SSSR count). The monoisotopic (exact) mass is 267 g/mol. The molecule has 0 spiro atoms. The summed E-state index contributed by atoms with van der Waals surface area (Å²) in [5.41, 5.74) is 0. The van der Waals surface area contributed by atoms with Crippen molar-refractivity contribution >= 4 is 5.91 Å².